The second kappa shape index (κ2) is 6.72. The molecule has 3 aliphatic rings. The zero-order valence-electron chi connectivity index (χ0n) is 14.6. The van der Waals surface area contributed by atoms with Crippen molar-refractivity contribution >= 4 is 28.1 Å². The molecule has 2 fully saturated rings. The SMILES string of the molecule is CCOC(=O)C1CC1C1CC(c2cccc(C)c2)N2N=CC(Br)C2N1. The van der Waals surface area contributed by atoms with Crippen LogP contribution >= 0.6 is 15.9 Å². The van der Waals surface area contributed by atoms with E-state index in [1.165, 1.54) is 11.1 Å². The molecule has 6 atom stereocenters. The van der Waals surface area contributed by atoms with E-state index in [9.17, 15) is 4.79 Å². The molecule has 1 aromatic rings. The van der Waals surface area contributed by atoms with E-state index in [1.807, 2.05) is 13.1 Å². The third-order valence-corrected chi connectivity index (χ3v) is 6.22. The molecule has 0 radical (unpaired) electrons. The van der Waals surface area contributed by atoms with E-state index >= 15 is 0 Å². The fourth-order valence-electron chi connectivity index (χ4n) is 4.16. The molecule has 1 saturated carbocycles. The number of nitrogens with one attached hydrogen (secondary N) is 1. The smallest absolute Gasteiger partial charge is 0.309 e. The summed E-state index contributed by atoms with van der Waals surface area (Å²) >= 11 is 3.72. The maximum Gasteiger partial charge on any atom is 0.309 e. The lowest BCUT2D eigenvalue weighted by Gasteiger charge is -2.43. The van der Waals surface area contributed by atoms with Crippen molar-refractivity contribution < 1.29 is 9.53 Å². The lowest BCUT2D eigenvalue weighted by Crippen LogP contribution is -2.57. The molecular weight excluding hydrogens is 382 g/mol. The first kappa shape index (κ1) is 17.0. The summed E-state index contributed by atoms with van der Waals surface area (Å²) in [6, 6.07) is 9.21. The van der Waals surface area contributed by atoms with Crippen LogP contribution < -0.4 is 5.32 Å². The van der Waals surface area contributed by atoms with Crippen LogP contribution in [-0.4, -0.2) is 40.8 Å². The average molecular weight is 406 g/mol. The van der Waals surface area contributed by atoms with E-state index in [-0.39, 0.29) is 28.9 Å². The van der Waals surface area contributed by atoms with Crippen molar-refractivity contribution in [3.8, 4) is 0 Å². The highest BCUT2D eigenvalue weighted by Crippen LogP contribution is 2.48. The number of alkyl halides is 1. The quantitative estimate of drug-likeness (QED) is 0.617. The summed E-state index contributed by atoms with van der Waals surface area (Å²) in [5, 5.41) is 10.5. The molecule has 5 nitrogen and oxygen atoms in total. The van der Waals surface area contributed by atoms with Crippen LogP contribution in [0.25, 0.3) is 0 Å². The molecule has 6 heteroatoms. The van der Waals surface area contributed by atoms with Gasteiger partial charge in [0.2, 0.25) is 0 Å². The molecular formula is C19H24BrN3O2. The number of hydrogen-bond donors (Lipinski definition) is 1. The fraction of sp³-hybridized carbons (Fsp3) is 0.579. The highest BCUT2D eigenvalue weighted by atomic mass is 79.9. The Kier molecular flexibility index (Phi) is 4.58. The van der Waals surface area contributed by atoms with Crippen molar-refractivity contribution in [2.75, 3.05) is 6.61 Å². The minimum atomic E-state index is -0.0399. The summed E-state index contributed by atoms with van der Waals surface area (Å²) in [6.07, 6.45) is 3.97. The Hall–Kier alpha value is -1.40. The average Bonchev–Trinajstić information content (AvgIpc) is 3.32. The molecule has 6 unspecified atom stereocenters. The standard InChI is InChI=1S/C19H24BrN3O2/c1-3-25-19(24)14-8-13(14)16-9-17(12-6-4-5-11(2)7-12)23-18(22-16)15(20)10-21-23/h4-7,10,13-18,22H,3,8-9H2,1-2H3. The summed E-state index contributed by atoms with van der Waals surface area (Å²) in [4.78, 5) is 12.2. The van der Waals surface area contributed by atoms with Crippen LogP contribution in [0.5, 0.6) is 0 Å². The Morgan fingerprint density at radius 1 is 1.44 bits per heavy atom. The van der Waals surface area contributed by atoms with Gasteiger partial charge in [-0.25, -0.2) is 0 Å². The predicted octanol–water partition coefficient (Wildman–Crippen LogP) is 2.99. The molecule has 25 heavy (non-hydrogen) atoms. The number of hydrazone groups is 1. The molecule has 1 N–H and O–H groups in total. The van der Waals surface area contributed by atoms with Gasteiger partial charge in [-0.3, -0.25) is 15.1 Å². The minimum Gasteiger partial charge on any atom is -0.466 e. The minimum absolute atomic E-state index is 0.0399. The number of halogens is 1. The molecule has 0 bridgehead atoms. The van der Waals surface area contributed by atoms with Crippen molar-refractivity contribution in [2.24, 2.45) is 16.9 Å². The summed E-state index contributed by atoms with van der Waals surface area (Å²) in [6.45, 7) is 4.45. The summed E-state index contributed by atoms with van der Waals surface area (Å²) in [5.41, 5.74) is 2.56. The van der Waals surface area contributed by atoms with Crippen LogP contribution in [0.1, 0.15) is 36.9 Å². The number of rotatable bonds is 4. The largest absolute Gasteiger partial charge is 0.466 e. The van der Waals surface area contributed by atoms with Crippen molar-refractivity contribution in [3.63, 3.8) is 0 Å². The van der Waals surface area contributed by atoms with Crippen LogP contribution in [-0.2, 0) is 9.53 Å². The Morgan fingerprint density at radius 2 is 2.28 bits per heavy atom. The van der Waals surface area contributed by atoms with E-state index in [0.29, 0.717) is 18.6 Å². The van der Waals surface area contributed by atoms with Gasteiger partial charge in [0.15, 0.2) is 0 Å². The fourth-order valence-corrected chi connectivity index (χ4v) is 4.66. The van der Waals surface area contributed by atoms with Crippen LogP contribution in [0.15, 0.2) is 29.4 Å². The molecule has 0 aromatic heterocycles. The van der Waals surface area contributed by atoms with Gasteiger partial charge in [0.25, 0.3) is 0 Å². The predicted molar refractivity (Wildman–Crippen MR) is 101 cm³/mol. The van der Waals surface area contributed by atoms with Crippen molar-refractivity contribution in [3.05, 3.63) is 35.4 Å². The highest BCUT2D eigenvalue weighted by molar-refractivity contribution is 9.10. The number of carbonyl (C=O) groups is 1. The van der Waals surface area contributed by atoms with Crippen LogP contribution in [0.4, 0.5) is 0 Å². The van der Waals surface area contributed by atoms with Crippen molar-refractivity contribution in [2.45, 2.75) is 49.8 Å². The lowest BCUT2D eigenvalue weighted by molar-refractivity contribution is -0.145. The highest BCUT2D eigenvalue weighted by Gasteiger charge is 2.53. The maximum absolute atomic E-state index is 12.1. The molecule has 2 heterocycles. The first-order valence-electron chi connectivity index (χ1n) is 9.04. The maximum atomic E-state index is 12.1. The third-order valence-electron chi connectivity index (χ3n) is 5.48. The molecule has 1 saturated heterocycles. The molecule has 0 spiro atoms. The number of esters is 1. The monoisotopic (exact) mass is 405 g/mol. The number of carbonyl (C=O) groups excluding carboxylic acids is 1. The molecule has 1 aliphatic carbocycles. The zero-order valence-corrected chi connectivity index (χ0v) is 16.1. The van der Waals surface area contributed by atoms with Crippen molar-refractivity contribution in [1.29, 1.82) is 0 Å². The number of hydrogen-bond acceptors (Lipinski definition) is 5. The summed E-state index contributed by atoms with van der Waals surface area (Å²) in [5.74, 6) is 0.383. The number of fused-ring (bicyclic) bond motifs is 1. The normalized spacial score (nSPS) is 36.2. The van der Waals surface area contributed by atoms with Gasteiger partial charge in [-0.2, -0.15) is 5.10 Å². The van der Waals surface area contributed by atoms with E-state index in [0.717, 1.165) is 12.8 Å². The van der Waals surface area contributed by atoms with E-state index in [1.54, 1.807) is 0 Å². The Morgan fingerprint density at radius 3 is 3.04 bits per heavy atom. The zero-order chi connectivity index (χ0) is 17.6. The van der Waals surface area contributed by atoms with Gasteiger partial charge in [-0.05, 0) is 38.2 Å². The number of aryl methyl sites for hydroxylation is 1. The molecule has 134 valence electrons. The molecule has 4 rings (SSSR count). The van der Waals surface area contributed by atoms with Crippen molar-refractivity contribution in [1.82, 2.24) is 10.3 Å². The number of nitrogens with zero attached hydrogens (tertiary/aromatic N) is 2. The lowest BCUT2D eigenvalue weighted by atomic mass is 9.91. The Bertz CT molecular complexity index is 695. The van der Waals surface area contributed by atoms with Gasteiger partial charge in [0, 0.05) is 12.3 Å². The van der Waals surface area contributed by atoms with Gasteiger partial charge < -0.3 is 4.74 Å². The third kappa shape index (κ3) is 3.22. The van der Waals surface area contributed by atoms with Crippen LogP contribution in [0.3, 0.4) is 0 Å². The molecule has 1 aromatic carbocycles. The second-order valence-corrected chi connectivity index (χ2v) is 8.29. The molecule has 2 aliphatic heterocycles. The summed E-state index contributed by atoms with van der Waals surface area (Å²) in [7, 11) is 0. The van der Waals surface area contributed by atoms with Crippen LogP contribution in [0.2, 0.25) is 0 Å². The van der Waals surface area contributed by atoms with Crippen LogP contribution in [0, 0.1) is 18.8 Å². The first-order valence-corrected chi connectivity index (χ1v) is 9.95. The Balaban J connectivity index is 1.55. The van der Waals surface area contributed by atoms with Gasteiger partial charge in [-0.15, -0.1) is 0 Å². The van der Waals surface area contributed by atoms with E-state index < -0.39 is 0 Å². The second-order valence-electron chi connectivity index (χ2n) is 7.23. The Labute approximate surface area is 156 Å². The van der Waals surface area contributed by atoms with E-state index in [4.69, 9.17) is 4.74 Å². The van der Waals surface area contributed by atoms with Gasteiger partial charge in [-0.1, -0.05) is 45.8 Å². The van der Waals surface area contributed by atoms with E-state index in [2.05, 4.69) is 62.5 Å². The van der Waals surface area contributed by atoms with Gasteiger partial charge in [0.1, 0.15) is 6.17 Å². The topological polar surface area (TPSA) is 53.9 Å². The first-order chi connectivity index (χ1) is 12.1. The summed E-state index contributed by atoms with van der Waals surface area (Å²) < 4.78 is 5.21. The number of ether oxygens (including phenoxy) is 1. The molecule has 0 amide bonds. The van der Waals surface area contributed by atoms with Gasteiger partial charge >= 0.3 is 5.97 Å². The van der Waals surface area contributed by atoms with Gasteiger partial charge in [0.05, 0.1) is 23.4 Å². The number of benzene rings is 1.